The van der Waals surface area contributed by atoms with Gasteiger partial charge in [-0.3, -0.25) is 4.90 Å². The Balaban J connectivity index is 1.53. The summed E-state index contributed by atoms with van der Waals surface area (Å²) >= 11 is 0. The van der Waals surface area contributed by atoms with Gasteiger partial charge in [0.1, 0.15) is 18.0 Å². The van der Waals surface area contributed by atoms with E-state index in [2.05, 4.69) is 37.8 Å². The summed E-state index contributed by atoms with van der Waals surface area (Å²) in [5.41, 5.74) is 0. The molecule has 3 atom stereocenters. The van der Waals surface area contributed by atoms with Crippen LogP contribution in [0.2, 0.25) is 0 Å². The largest absolute Gasteiger partial charge is 0.394 e. The molecule has 3 saturated heterocycles. The molecule has 0 aliphatic carbocycles. The highest BCUT2D eigenvalue weighted by Gasteiger charge is 2.39. The number of nitrogens with zero attached hydrogens (tertiary/aromatic N) is 5. The fraction of sp³-hybridized carbons (Fsp3) is 0.750. The molecule has 0 saturated carbocycles. The maximum atomic E-state index is 9.53. The van der Waals surface area contributed by atoms with Gasteiger partial charge in [0.25, 0.3) is 0 Å². The number of likely N-dealkylation sites (N-methyl/N-ethyl adjacent to an activating group) is 1. The van der Waals surface area contributed by atoms with Crippen molar-refractivity contribution in [3.05, 3.63) is 12.4 Å². The number of aliphatic hydroxyl groups is 1. The van der Waals surface area contributed by atoms with Gasteiger partial charge in [-0.05, 0) is 19.9 Å². The molecule has 0 spiro atoms. The molecular weight excluding hydrogens is 294 g/mol. The molecule has 3 fully saturated rings. The molecule has 0 radical (unpaired) electrons. The summed E-state index contributed by atoms with van der Waals surface area (Å²) in [6, 6.07) is 2.69. The van der Waals surface area contributed by atoms with E-state index in [1.165, 1.54) is 0 Å². The average molecular weight is 319 g/mol. The van der Waals surface area contributed by atoms with E-state index < -0.39 is 0 Å². The maximum Gasteiger partial charge on any atom is 0.134 e. The van der Waals surface area contributed by atoms with Crippen molar-refractivity contribution in [1.82, 2.24) is 14.9 Å². The normalized spacial score (nSPS) is 31.7. The molecule has 3 aliphatic rings. The molecule has 7 heteroatoms. The van der Waals surface area contributed by atoms with Crippen molar-refractivity contribution in [3.8, 4) is 0 Å². The third-order valence-corrected chi connectivity index (χ3v) is 5.42. The lowest BCUT2D eigenvalue weighted by atomic mass is 10.1. The summed E-state index contributed by atoms with van der Waals surface area (Å²) < 4.78 is 5.92. The Kier molecular flexibility index (Phi) is 4.09. The molecule has 0 amide bonds. The van der Waals surface area contributed by atoms with E-state index >= 15 is 0 Å². The minimum absolute atomic E-state index is 0.186. The van der Waals surface area contributed by atoms with Gasteiger partial charge >= 0.3 is 0 Å². The number of hydrogen-bond acceptors (Lipinski definition) is 7. The number of aliphatic hydroxyl groups excluding tert-OH is 1. The van der Waals surface area contributed by atoms with E-state index in [1.54, 1.807) is 6.33 Å². The molecule has 3 unspecified atom stereocenters. The molecule has 3 aliphatic heterocycles. The summed E-state index contributed by atoms with van der Waals surface area (Å²) in [4.78, 5) is 15.8. The van der Waals surface area contributed by atoms with Crippen LogP contribution in [0.4, 0.5) is 11.6 Å². The van der Waals surface area contributed by atoms with Gasteiger partial charge in [-0.15, -0.1) is 0 Å². The quantitative estimate of drug-likeness (QED) is 0.838. The van der Waals surface area contributed by atoms with Gasteiger partial charge in [-0.1, -0.05) is 0 Å². The minimum Gasteiger partial charge on any atom is -0.394 e. The van der Waals surface area contributed by atoms with Crippen LogP contribution in [0, 0.1) is 0 Å². The first-order chi connectivity index (χ1) is 11.3. The first-order valence-corrected chi connectivity index (χ1v) is 8.52. The van der Waals surface area contributed by atoms with Gasteiger partial charge in [0.15, 0.2) is 0 Å². The number of hydrogen-bond donors (Lipinski definition) is 1. The van der Waals surface area contributed by atoms with Gasteiger partial charge in [0, 0.05) is 32.2 Å². The van der Waals surface area contributed by atoms with Crippen molar-refractivity contribution in [2.75, 3.05) is 56.2 Å². The first kappa shape index (κ1) is 15.1. The molecule has 0 aromatic carbocycles. The molecule has 4 heterocycles. The highest BCUT2D eigenvalue weighted by atomic mass is 16.5. The zero-order valence-corrected chi connectivity index (χ0v) is 13.6. The van der Waals surface area contributed by atoms with Gasteiger partial charge in [0.2, 0.25) is 0 Å². The molecule has 0 bridgehead atoms. The van der Waals surface area contributed by atoms with Crippen LogP contribution in [0.25, 0.3) is 0 Å². The predicted molar refractivity (Wildman–Crippen MR) is 87.9 cm³/mol. The SMILES string of the molecule is CN1CCOC2CN(c3cc(N4CCCC4CO)ncn3)CC21. The highest BCUT2D eigenvalue weighted by Crippen LogP contribution is 2.29. The Hall–Kier alpha value is -1.44. The molecule has 1 aromatic heterocycles. The van der Waals surface area contributed by atoms with Crippen molar-refractivity contribution < 1.29 is 9.84 Å². The van der Waals surface area contributed by atoms with Crippen molar-refractivity contribution in [3.63, 3.8) is 0 Å². The van der Waals surface area contributed by atoms with Crippen molar-refractivity contribution in [2.24, 2.45) is 0 Å². The van der Waals surface area contributed by atoms with E-state index in [9.17, 15) is 5.11 Å². The van der Waals surface area contributed by atoms with Gasteiger partial charge < -0.3 is 19.6 Å². The predicted octanol–water partition coefficient (Wildman–Crippen LogP) is -0.0431. The van der Waals surface area contributed by atoms with Crippen LogP contribution >= 0.6 is 0 Å². The minimum atomic E-state index is 0.186. The van der Waals surface area contributed by atoms with Crippen LogP contribution < -0.4 is 9.80 Å². The van der Waals surface area contributed by atoms with Gasteiger partial charge in [-0.25, -0.2) is 9.97 Å². The number of aromatic nitrogens is 2. The maximum absolute atomic E-state index is 9.53. The molecule has 23 heavy (non-hydrogen) atoms. The van der Waals surface area contributed by atoms with E-state index in [0.717, 1.165) is 57.3 Å². The lowest BCUT2D eigenvalue weighted by Gasteiger charge is -2.33. The molecule has 126 valence electrons. The Morgan fingerprint density at radius 2 is 2.13 bits per heavy atom. The van der Waals surface area contributed by atoms with Crippen LogP contribution in [0.15, 0.2) is 12.4 Å². The van der Waals surface area contributed by atoms with E-state index in [4.69, 9.17) is 4.74 Å². The van der Waals surface area contributed by atoms with E-state index in [-0.39, 0.29) is 18.8 Å². The van der Waals surface area contributed by atoms with Crippen LogP contribution in [0.1, 0.15) is 12.8 Å². The number of ether oxygens (including phenoxy) is 1. The summed E-state index contributed by atoms with van der Waals surface area (Å²) in [6.45, 7) is 4.78. The van der Waals surface area contributed by atoms with Gasteiger partial charge in [0.05, 0.1) is 31.4 Å². The van der Waals surface area contributed by atoms with Crippen LogP contribution in [0.3, 0.4) is 0 Å². The second-order valence-corrected chi connectivity index (χ2v) is 6.77. The molecular formula is C16H25N5O2. The highest BCUT2D eigenvalue weighted by molar-refractivity contribution is 5.52. The van der Waals surface area contributed by atoms with Gasteiger partial charge in [-0.2, -0.15) is 0 Å². The second-order valence-electron chi connectivity index (χ2n) is 6.77. The molecule has 1 N–H and O–H groups in total. The Morgan fingerprint density at radius 1 is 1.26 bits per heavy atom. The summed E-state index contributed by atoms with van der Waals surface area (Å²) in [7, 11) is 2.17. The standard InChI is InChI=1S/C16H25N5O2/c1-19-5-6-23-14-9-20(8-13(14)19)15-7-16(18-11-17-15)21-4-2-3-12(21)10-22/h7,11-14,22H,2-6,8-10H2,1H3. The van der Waals surface area contributed by atoms with Crippen molar-refractivity contribution in [2.45, 2.75) is 31.0 Å². The van der Waals surface area contributed by atoms with E-state index in [0.29, 0.717) is 6.04 Å². The zero-order chi connectivity index (χ0) is 15.8. The Bertz CT molecular complexity index is 557. The Labute approximate surface area is 136 Å². The number of morpholine rings is 1. The third-order valence-electron chi connectivity index (χ3n) is 5.42. The Morgan fingerprint density at radius 3 is 2.96 bits per heavy atom. The van der Waals surface area contributed by atoms with Crippen LogP contribution in [0.5, 0.6) is 0 Å². The number of rotatable bonds is 3. The lowest BCUT2D eigenvalue weighted by molar-refractivity contribution is -0.0362. The third kappa shape index (κ3) is 2.77. The van der Waals surface area contributed by atoms with E-state index in [1.807, 2.05) is 0 Å². The zero-order valence-electron chi connectivity index (χ0n) is 13.6. The molecule has 7 nitrogen and oxygen atoms in total. The smallest absolute Gasteiger partial charge is 0.134 e. The van der Waals surface area contributed by atoms with Crippen LogP contribution in [-0.2, 0) is 4.74 Å². The fourth-order valence-corrected chi connectivity index (χ4v) is 4.04. The molecule has 4 rings (SSSR count). The number of fused-ring (bicyclic) bond motifs is 1. The van der Waals surface area contributed by atoms with Crippen molar-refractivity contribution in [1.29, 1.82) is 0 Å². The fourth-order valence-electron chi connectivity index (χ4n) is 4.04. The average Bonchev–Trinajstić information content (AvgIpc) is 3.22. The molecule has 1 aromatic rings. The van der Waals surface area contributed by atoms with Crippen molar-refractivity contribution >= 4 is 11.6 Å². The second kappa shape index (κ2) is 6.22. The number of anilines is 2. The summed E-state index contributed by atoms with van der Waals surface area (Å²) in [5.74, 6) is 1.89. The topological polar surface area (TPSA) is 65.0 Å². The monoisotopic (exact) mass is 319 g/mol. The summed E-state index contributed by atoms with van der Waals surface area (Å²) in [5, 5.41) is 9.53. The lowest BCUT2D eigenvalue weighted by Crippen LogP contribution is -2.48. The first-order valence-electron chi connectivity index (χ1n) is 8.52. The van der Waals surface area contributed by atoms with Crippen LogP contribution in [-0.4, -0.2) is 84.6 Å². The summed E-state index contributed by atoms with van der Waals surface area (Å²) in [6.07, 6.45) is 4.05.